The van der Waals surface area contributed by atoms with Crippen molar-refractivity contribution >= 4 is 38.9 Å². The van der Waals surface area contributed by atoms with E-state index in [0.29, 0.717) is 0 Å². The lowest BCUT2D eigenvalue weighted by molar-refractivity contribution is 1.18. The maximum atomic E-state index is 2.36. The normalized spacial score (nSPS) is 11.2. The van der Waals surface area contributed by atoms with Crippen LogP contribution >= 0.6 is 0 Å². The molecule has 0 saturated carbocycles. The Morgan fingerprint density at radius 1 is 0.333 bits per heavy atom. The summed E-state index contributed by atoms with van der Waals surface area (Å²) in [5.41, 5.74) is 15.4. The van der Waals surface area contributed by atoms with Crippen molar-refractivity contribution in [3.8, 4) is 39.1 Å². The summed E-state index contributed by atoms with van der Waals surface area (Å²) in [5.74, 6) is 0. The topological polar surface area (TPSA) is 8.17 Å². The Balaban J connectivity index is 1.10. The number of nitrogens with zero attached hydrogens (tertiary/aromatic N) is 2. The van der Waals surface area contributed by atoms with Gasteiger partial charge >= 0.3 is 0 Å². The molecule has 1 heterocycles. The Kier molecular flexibility index (Phi) is 7.75. The molecule has 0 spiro atoms. The molecule has 0 aliphatic heterocycles. The van der Waals surface area contributed by atoms with Gasteiger partial charge in [0, 0.05) is 33.5 Å². The second-order valence-corrected chi connectivity index (χ2v) is 13.1. The fourth-order valence-corrected chi connectivity index (χ4v) is 7.24. The van der Waals surface area contributed by atoms with Gasteiger partial charge in [0.1, 0.15) is 0 Å². The quantitative estimate of drug-likeness (QED) is 0.166. The van der Waals surface area contributed by atoms with Crippen LogP contribution in [0.3, 0.4) is 0 Å². The SMILES string of the molecule is Cc1ccc(-c2ccc(N(c3ccc(-c4ccccc4)cc3)c3ccc(-c4ccc5c(c4)c4ccccc4n5-c4ccccc4)cc3)cc2)cc1. The van der Waals surface area contributed by atoms with E-state index in [1.165, 1.54) is 66.4 Å². The summed E-state index contributed by atoms with van der Waals surface area (Å²) < 4.78 is 2.36. The molecule has 1 aromatic heterocycles. The lowest BCUT2D eigenvalue weighted by atomic mass is 10.0. The van der Waals surface area contributed by atoms with E-state index in [1.807, 2.05) is 0 Å². The van der Waals surface area contributed by atoms with E-state index < -0.39 is 0 Å². The Labute approximate surface area is 299 Å². The van der Waals surface area contributed by atoms with Gasteiger partial charge in [-0.15, -0.1) is 0 Å². The molecule has 2 nitrogen and oxygen atoms in total. The minimum Gasteiger partial charge on any atom is -0.311 e. The van der Waals surface area contributed by atoms with E-state index in [9.17, 15) is 0 Å². The molecule has 8 aromatic carbocycles. The summed E-state index contributed by atoms with van der Waals surface area (Å²) in [6.07, 6.45) is 0. The van der Waals surface area contributed by atoms with Crippen LogP contribution in [0, 0.1) is 6.92 Å². The molecule has 0 fully saturated rings. The van der Waals surface area contributed by atoms with Gasteiger partial charge in [0.2, 0.25) is 0 Å². The predicted molar refractivity (Wildman–Crippen MR) is 217 cm³/mol. The van der Waals surface area contributed by atoms with Gasteiger partial charge in [0.05, 0.1) is 11.0 Å². The minimum absolute atomic E-state index is 1.11. The zero-order valence-corrected chi connectivity index (χ0v) is 28.4. The molecule has 0 unspecified atom stereocenters. The van der Waals surface area contributed by atoms with Gasteiger partial charge in [-0.3, -0.25) is 0 Å². The second kappa shape index (κ2) is 13.0. The van der Waals surface area contributed by atoms with Crippen molar-refractivity contribution in [3.05, 3.63) is 206 Å². The number of benzene rings is 8. The number of aromatic nitrogens is 1. The summed E-state index contributed by atoms with van der Waals surface area (Å²) >= 11 is 0. The third kappa shape index (κ3) is 5.77. The summed E-state index contributed by atoms with van der Waals surface area (Å²) in [6, 6.07) is 72.2. The molecule has 0 aliphatic rings. The first-order valence-corrected chi connectivity index (χ1v) is 17.5. The Bertz CT molecular complexity index is 2580. The highest BCUT2D eigenvalue weighted by Gasteiger charge is 2.16. The van der Waals surface area contributed by atoms with E-state index in [2.05, 4.69) is 217 Å². The molecule has 2 heteroatoms. The molecular weight excluding hydrogens is 617 g/mol. The molecule has 0 amide bonds. The van der Waals surface area contributed by atoms with Crippen LogP contribution in [0.1, 0.15) is 5.56 Å². The first kappa shape index (κ1) is 30.4. The summed E-state index contributed by atoms with van der Waals surface area (Å²) in [4.78, 5) is 2.34. The molecule has 0 saturated heterocycles. The standard InChI is InChI=1S/C49H36N2/c1-35-16-18-37(19-17-35)39-22-29-44(30-23-39)50(43-27-20-38(21-28-43)36-10-4-2-5-11-36)45-31-24-40(25-32-45)41-26-33-49-47(34-41)46-14-8-9-15-48(46)51(49)42-12-6-3-7-13-42/h2-34H,1H3. The molecule has 0 N–H and O–H groups in total. The number of para-hydroxylation sites is 2. The van der Waals surface area contributed by atoms with Crippen molar-refractivity contribution in [1.29, 1.82) is 0 Å². The van der Waals surface area contributed by atoms with Gasteiger partial charge < -0.3 is 9.47 Å². The molecule has 0 aliphatic carbocycles. The van der Waals surface area contributed by atoms with Crippen LogP contribution in [0.5, 0.6) is 0 Å². The van der Waals surface area contributed by atoms with Crippen molar-refractivity contribution in [2.24, 2.45) is 0 Å². The first-order chi connectivity index (χ1) is 25.2. The van der Waals surface area contributed by atoms with Gasteiger partial charge in [-0.2, -0.15) is 0 Å². The molecule has 0 atom stereocenters. The van der Waals surface area contributed by atoms with Gasteiger partial charge in [-0.25, -0.2) is 0 Å². The molecule has 9 aromatic rings. The predicted octanol–water partition coefficient (Wildman–Crippen LogP) is 13.6. The highest BCUT2D eigenvalue weighted by atomic mass is 15.1. The molecular formula is C49H36N2. The molecule has 0 radical (unpaired) electrons. The van der Waals surface area contributed by atoms with Crippen LogP contribution in [0.2, 0.25) is 0 Å². The van der Waals surface area contributed by atoms with E-state index in [4.69, 9.17) is 0 Å². The first-order valence-electron chi connectivity index (χ1n) is 17.5. The fraction of sp³-hybridized carbons (Fsp3) is 0.0204. The maximum Gasteiger partial charge on any atom is 0.0541 e. The van der Waals surface area contributed by atoms with Gasteiger partial charge in [-0.1, -0.05) is 139 Å². The smallest absolute Gasteiger partial charge is 0.0541 e. The highest BCUT2D eigenvalue weighted by molar-refractivity contribution is 6.10. The maximum absolute atomic E-state index is 2.36. The number of hydrogen-bond donors (Lipinski definition) is 0. The monoisotopic (exact) mass is 652 g/mol. The zero-order chi connectivity index (χ0) is 34.1. The second-order valence-electron chi connectivity index (χ2n) is 13.1. The van der Waals surface area contributed by atoms with Crippen LogP contribution in [-0.2, 0) is 0 Å². The summed E-state index contributed by atoms with van der Waals surface area (Å²) in [6.45, 7) is 2.13. The van der Waals surface area contributed by atoms with Crippen LogP contribution in [0.25, 0.3) is 60.9 Å². The van der Waals surface area contributed by atoms with E-state index in [0.717, 1.165) is 17.1 Å². The van der Waals surface area contributed by atoms with Gasteiger partial charge in [-0.05, 0) is 107 Å². The van der Waals surface area contributed by atoms with Crippen molar-refractivity contribution in [2.45, 2.75) is 6.92 Å². The molecule has 242 valence electrons. The number of fused-ring (bicyclic) bond motifs is 3. The van der Waals surface area contributed by atoms with Crippen molar-refractivity contribution in [3.63, 3.8) is 0 Å². The largest absolute Gasteiger partial charge is 0.311 e. The zero-order valence-electron chi connectivity index (χ0n) is 28.4. The third-order valence-electron chi connectivity index (χ3n) is 9.89. The fourth-order valence-electron chi connectivity index (χ4n) is 7.24. The van der Waals surface area contributed by atoms with Crippen molar-refractivity contribution in [2.75, 3.05) is 4.90 Å². The van der Waals surface area contributed by atoms with E-state index in [-0.39, 0.29) is 0 Å². The Hall–Kier alpha value is -6.64. The number of aryl methyl sites for hydroxylation is 1. The molecule has 0 bridgehead atoms. The van der Waals surface area contributed by atoms with Crippen molar-refractivity contribution in [1.82, 2.24) is 4.57 Å². The van der Waals surface area contributed by atoms with E-state index in [1.54, 1.807) is 0 Å². The third-order valence-corrected chi connectivity index (χ3v) is 9.89. The van der Waals surface area contributed by atoms with Crippen LogP contribution < -0.4 is 4.90 Å². The summed E-state index contributed by atoms with van der Waals surface area (Å²) in [7, 11) is 0. The number of rotatable bonds is 7. The van der Waals surface area contributed by atoms with Gasteiger partial charge in [0.25, 0.3) is 0 Å². The number of hydrogen-bond acceptors (Lipinski definition) is 1. The lowest BCUT2D eigenvalue weighted by Crippen LogP contribution is -2.09. The minimum atomic E-state index is 1.11. The van der Waals surface area contributed by atoms with Crippen LogP contribution in [0.4, 0.5) is 17.1 Å². The van der Waals surface area contributed by atoms with E-state index >= 15 is 0 Å². The average molecular weight is 653 g/mol. The van der Waals surface area contributed by atoms with Crippen LogP contribution in [0.15, 0.2) is 200 Å². The molecule has 51 heavy (non-hydrogen) atoms. The van der Waals surface area contributed by atoms with Gasteiger partial charge in [0.15, 0.2) is 0 Å². The lowest BCUT2D eigenvalue weighted by Gasteiger charge is -2.26. The summed E-state index contributed by atoms with van der Waals surface area (Å²) in [5, 5.41) is 2.51. The number of anilines is 3. The van der Waals surface area contributed by atoms with Crippen LogP contribution in [-0.4, -0.2) is 4.57 Å². The Morgan fingerprint density at radius 3 is 1.31 bits per heavy atom. The van der Waals surface area contributed by atoms with Crippen molar-refractivity contribution < 1.29 is 0 Å². The average Bonchev–Trinajstić information content (AvgIpc) is 3.54. The Morgan fingerprint density at radius 2 is 0.745 bits per heavy atom. The molecule has 9 rings (SSSR count). The highest BCUT2D eigenvalue weighted by Crippen LogP contribution is 2.39.